The fraction of sp³-hybridized carbons (Fsp3) is 0.367. The molecule has 0 saturated carbocycles. The number of unbranched alkanes of at least 4 members (excludes halogenated alkanes) is 6. The lowest BCUT2D eigenvalue weighted by atomic mass is 9.72. The maximum Gasteiger partial charge on any atom is 0.343 e. The van der Waals surface area contributed by atoms with Gasteiger partial charge in [-0.25, -0.2) is 19.4 Å². The van der Waals surface area contributed by atoms with Gasteiger partial charge in [0, 0.05) is 23.1 Å². The molecular weight excluding hydrogens is 991 g/mol. The van der Waals surface area contributed by atoms with Crippen LogP contribution in [0.1, 0.15) is 113 Å². The van der Waals surface area contributed by atoms with E-state index in [0.717, 1.165) is 64.7 Å². The van der Waals surface area contributed by atoms with E-state index in [2.05, 4.69) is 0 Å². The Balaban J connectivity index is 0.725. The Morgan fingerprint density at radius 1 is 0.592 bits per heavy atom. The van der Waals surface area contributed by atoms with E-state index in [-0.39, 0.29) is 36.7 Å². The van der Waals surface area contributed by atoms with Crippen molar-refractivity contribution in [2.24, 2.45) is 10.8 Å². The monoisotopic (exact) mass is 1060 g/mol. The van der Waals surface area contributed by atoms with Crippen LogP contribution in [0.5, 0.6) is 34.5 Å². The van der Waals surface area contributed by atoms with Crippen molar-refractivity contribution in [1.82, 2.24) is 4.98 Å². The number of ether oxygens (including phenoxy) is 8. The summed E-state index contributed by atoms with van der Waals surface area (Å²) >= 11 is 1.55. The van der Waals surface area contributed by atoms with Gasteiger partial charge in [-0.05, 0) is 176 Å². The Morgan fingerprint density at radius 3 is 1.68 bits per heavy atom. The molecule has 0 amide bonds. The number of hydrogen-bond acceptors (Lipinski definition) is 16. The van der Waals surface area contributed by atoms with E-state index in [0.29, 0.717) is 78.6 Å². The minimum absolute atomic E-state index is 0.169. The van der Waals surface area contributed by atoms with E-state index in [4.69, 9.17) is 47.3 Å². The van der Waals surface area contributed by atoms with Crippen LogP contribution in [-0.2, 0) is 19.1 Å². The lowest BCUT2D eigenvalue weighted by Gasteiger charge is -2.33. The smallest absolute Gasteiger partial charge is 0.343 e. The first-order chi connectivity index (χ1) is 36.7. The summed E-state index contributed by atoms with van der Waals surface area (Å²) in [6, 6.07) is 32.7. The predicted molar refractivity (Wildman–Crippen MR) is 290 cm³/mol. The van der Waals surface area contributed by atoms with Crippen molar-refractivity contribution in [2.75, 3.05) is 40.6 Å². The molecule has 76 heavy (non-hydrogen) atoms. The van der Waals surface area contributed by atoms with Crippen LogP contribution in [0, 0.1) is 10.8 Å². The van der Waals surface area contributed by atoms with E-state index in [1.165, 1.54) is 26.4 Å². The molecule has 0 aliphatic heterocycles. The summed E-state index contributed by atoms with van der Waals surface area (Å²) < 4.78 is 51.9. The first kappa shape index (κ1) is 56.0. The maximum absolute atomic E-state index is 13.3. The quantitative estimate of drug-likeness (QED) is 0.0195. The highest BCUT2D eigenvalue weighted by Gasteiger charge is 2.43. The molecule has 400 valence electrons. The summed E-state index contributed by atoms with van der Waals surface area (Å²) in [7, 11) is 3.01. The Hall–Kier alpha value is -7.72. The number of fused-ring (bicyclic) bond motifs is 2. The molecule has 2 heterocycles. The van der Waals surface area contributed by atoms with Crippen LogP contribution in [0.15, 0.2) is 124 Å². The topological polar surface area (TPSA) is 185 Å². The molecule has 5 aromatic carbocycles. The number of hydrogen-bond donors (Lipinski definition) is 0. The van der Waals surface area contributed by atoms with Crippen LogP contribution >= 0.6 is 11.3 Å². The molecule has 0 spiro atoms. The summed E-state index contributed by atoms with van der Waals surface area (Å²) in [5, 5.41) is 1.50. The predicted octanol–water partition coefficient (Wildman–Crippen LogP) is 13.0. The maximum atomic E-state index is 13.3. The Morgan fingerprint density at radius 2 is 1.12 bits per heavy atom. The van der Waals surface area contributed by atoms with Gasteiger partial charge in [-0.2, -0.15) is 0 Å². The van der Waals surface area contributed by atoms with E-state index in [1.54, 1.807) is 90.2 Å². The van der Waals surface area contributed by atoms with E-state index in [9.17, 15) is 24.0 Å². The zero-order valence-electron chi connectivity index (χ0n) is 43.9. The number of aromatic nitrogens is 1. The zero-order chi connectivity index (χ0) is 54.1. The Kier molecular flexibility index (Phi) is 19.7. The lowest BCUT2D eigenvalue weighted by Crippen LogP contribution is -2.38. The average Bonchev–Trinajstić information content (AvgIpc) is 3.87. The lowest BCUT2D eigenvalue weighted by molar-refractivity contribution is -0.163. The zero-order valence-corrected chi connectivity index (χ0v) is 44.8. The van der Waals surface area contributed by atoms with Crippen LogP contribution in [-0.4, -0.2) is 69.5 Å². The fourth-order valence-electron chi connectivity index (χ4n) is 8.48. The molecule has 1 atom stereocenters. The number of carbonyl (C=O) groups is 4. The molecule has 0 radical (unpaired) electrons. The molecule has 7 rings (SSSR count). The van der Waals surface area contributed by atoms with E-state index < -0.39 is 28.4 Å². The number of carbonyl (C=O) groups excluding carboxylic acids is 4. The van der Waals surface area contributed by atoms with Crippen molar-refractivity contribution in [2.45, 2.75) is 91.9 Å². The van der Waals surface area contributed by atoms with Crippen LogP contribution in [0.25, 0.3) is 31.8 Å². The number of benzene rings is 5. The second-order valence-electron chi connectivity index (χ2n) is 19.3. The number of para-hydroxylation sites is 1. The van der Waals surface area contributed by atoms with Crippen molar-refractivity contribution in [3.63, 3.8) is 0 Å². The van der Waals surface area contributed by atoms with Gasteiger partial charge in [-0.3, -0.25) is 9.59 Å². The first-order valence-electron chi connectivity index (χ1n) is 25.6. The molecule has 0 N–H and O–H groups in total. The second kappa shape index (κ2) is 26.7. The van der Waals surface area contributed by atoms with Crippen LogP contribution in [0.4, 0.5) is 0 Å². The van der Waals surface area contributed by atoms with Gasteiger partial charge in [0.15, 0.2) is 11.5 Å². The molecule has 0 aliphatic rings. The third-order valence-electron chi connectivity index (χ3n) is 12.9. The molecule has 16 heteroatoms. The molecule has 0 fully saturated rings. The number of thiazole rings is 1. The molecule has 7 aromatic rings. The van der Waals surface area contributed by atoms with Gasteiger partial charge in [0.05, 0.1) is 72.8 Å². The van der Waals surface area contributed by atoms with Gasteiger partial charge in [-0.1, -0.05) is 19.1 Å². The molecule has 0 bridgehead atoms. The van der Waals surface area contributed by atoms with Crippen LogP contribution in [0.3, 0.4) is 0 Å². The second-order valence-corrected chi connectivity index (χ2v) is 20.3. The normalized spacial score (nSPS) is 12.1. The summed E-state index contributed by atoms with van der Waals surface area (Å²) in [5.74, 6) is 0.559. The highest BCUT2D eigenvalue weighted by atomic mass is 32.1. The van der Waals surface area contributed by atoms with Gasteiger partial charge < -0.3 is 42.3 Å². The van der Waals surface area contributed by atoms with Crippen LogP contribution in [0.2, 0.25) is 0 Å². The molecule has 1 unspecified atom stereocenters. The minimum atomic E-state index is -0.892. The molecule has 0 aliphatic carbocycles. The molecule has 2 aromatic heterocycles. The van der Waals surface area contributed by atoms with Gasteiger partial charge in [0.1, 0.15) is 27.8 Å². The van der Waals surface area contributed by atoms with Gasteiger partial charge in [0.2, 0.25) is 5.75 Å². The number of rotatable bonds is 28. The van der Waals surface area contributed by atoms with E-state index >= 15 is 0 Å². The standard InChI is InChI=1S/C60H65NO14S/c1-7-60(4,58(66)72-35-17-11-9-15-33-69-44-26-21-41(22-27-44)55(63)73-46-30-20-40-25-31-52(62)74-48(40)38-46)39-59(2,3)57(65)71-34-16-10-8-14-32-70-45-28-23-42(24-29-45)56(64)75-53-49(67-5)36-43(37-50(53)68-6)54-61-47-18-12-13-19-51(47)76-54/h12-13,18-31,36-38H,7-11,14-17,32-35,39H2,1-6H3. The van der Waals surface area contributed by atoms with Gasteiger partial charge in [0.25, 0.3) is 0 Å². The average molecular weight is 1060 g/mol. The largest absolute Gasteiger partial charge is 0.494 e. The fourth-order valence-corrected chi connectivity index (χ4v) is 9.43. The van der Waals surface area contributed by atoms with Crippen LogP contribution < -0.4 is 34.0 Å². The number of methoxy groups -OCH3 is 2. The SMILES string of the molecule is CCC(C)(CC(C)(C)C(=O)OCCCCCCOc1ccc(C(=O)Oc2c(OC)cc(-c3nc4ccccc4s3)cc2OC)cc1)C(=O)OCCCCCCOc1ccc(C(=O)Oc2ccc3ccc(=O)oc3c2)cc1. The van der Waals surface area contributed by atoms with Gasteiger partial charge in [-0.15, -0.1) is 11.3 Å². The first-order valence-corrected chi connectivity index (χ1v) is 26.4. The van der Waals surface area contributed by atoms with E-state index in [1.807, 2.05) is 52.0 Å². The van der Waals surface area contributed by atoms with Crippen molar-refractivity contribution < 1.29 is 61.5 Å². The van der Waals surface area contributed by atoms with Crippen molar-refractivity contribution in [3.05, 3.63) is 137 Å². The molecule has 0 saturated heterocycles. The van der Waals surface area contributed by atoms with Crippen molar-refractivity contribution >= 4 is 56.4 Å². The summed E-state index contributed by atoms with van der Waals surface area (Å²) in [5.41, 5.74) is 0.446. The summed E-state index contributed by atoms with van der Waals surface area (Å²) in [6.07, 6.45) is 7.23. The van der Waals surface area contributed by atoms with Gasteiger partial charge >= 0.3 is 29.5 Å². The minimum Gasteiger partial charge on any atom is -0.494 e. The third kappa shape index (κ3) is 15.2. The van der Waals surface area contributed by atoms with Crippen molar-refractivity contribution in [1.29, 1.82) is 0 Å². The van der Waals surface area contributed by atoms with Crippen molar-refractivity contribution in [3.8, 4) is 45.1 Å². The highest BCUT2D eigenvalue weighted by Crippen LogP contribution is 2.44. The summed E-state index contributed by atoms with van der Waals surface area (Å²) in [4.78, 5) is 68.7. The molecule has 15 nitrogen and oxygen atoms in total. The number of esters is 4. The number of nitrogens with zero attached hydrogens (tertiary/aromatic N) is 1. The highest BCUT2D eigenvalue weighted by molar-refractivity contribution is 7.21. The Bertz CT molecular complexity index is 3090. The third-order valence-corrected chi connectivity index (χ3v) is 14.0. The molecular formula is C60H65NO14S. The summed E-state index contributed by atoms with van der Waals surface area (Å²) in [6.45, 7) is 8.92. The Labute approximate surface area is 446 Å².